The van der Waals surface area contributed by atoms with Crippen molar-refractivity contribution in [2.75, 3.05) is 26.0 Å². The number of thioether (sulfide) groups is 1. The van der Waals surface area contributed by atoms with E-state index in [9.17, 15) is 4.79 Å². The molecular formula is C19H20ClNO3S. The summed E-state index contributed by atoms with van der Waals surface area (Å²) in [4.78, 5) is 14.0. The monoisotopic (exact) mass is 377 g/mol. The van der Waals surface area contributed by atoms with E-state index in [4.69, 9.17) is 21.1 Å². The molecule has 1 atom stereocenters. The smallest absolute Gasteiger partial charge is 0.232 e. The Morgan fingerprint density at radius 2 is 2.04 bits per heavy atom. The van der Waals surface area contributed by atoms with E-state index in [2.05, 4.69) is 0 Å². The minimum Gasteiger partial charge on any atom is -0.486 e. The van der Waals surface area contributed by atoms with Crippen LogP contribution in [0.1, 0.15) is 5.56 Å². The summed E-state index contributed by atoms with van der Waals surface area (Å²) in [6.45, 7) is 0.954. The molecule has 1 heterocycles. The molecule has 25 heavy (non-hydrogen) atoms. The highest BCUT2D eigenvalue weighted by Gasteiger charge is 2.23. The largest absolute Gasteiger partial charge is 0.486 e. The van der Waals surface area contributed by atoms with Gasteiger partial charge < -0.3 is 14.4 Å². The van der Waals surface area contributed by atoms with E-state index < -0.39 is 0 Å². The Morgan fingerprint density at radius 3 is 2.84 bits per heavy atom. The molecule has 0 saturated carbocycles. The summed E-state index contributed by atoms with van der Waals surface area (Å²) < 4.78 is 11.6. The van der Waals surface area contributed by atoms with Crippen LogP contribution in [0.25, 0.3) is 0 Å². The fourth-order valence-electron chi connectivity index (χ4n) is 2.55. The highest BCUT2D eigenvalue weighted by Crippen LogP contribution is 2.31. The van der Waals surface area contributed by atoms with Crippen molar-refractivity contribution in [3.63, 3.8) is 0 Å². The van der Waals surface area contributed by atoms with Crippen LogP contribution in [-0.2, 0) is 10.5 Å². The van der Waals surface area contributed by atoms with Crippen LogP contribution < -0.4 is 9.47 Å². The van der Waals surface area contributed by atoms with Crippen LogP contribution in [0.15, 0.2) is 48.5 Å². The normalized spacial score (nSPS) is 15.7. The van der Waals surface area contributed by atoms with Crippen molar-refractivity contribution in [3.05, 3.63) is 59.1 Å². The third kappa shape index (κ3) is 5.06. The van der Waals surface area contributed by atoms with Crippen molar-refractivity contribution >= 4 is 29.3 Å². The summed E-state index contributed by atoms with van der Waals surface area (Å²) in [7, 11) is 1.80. The lowest BCUT2D eigenvalue weighted by Crippen LogP contribution is -2.42. The van der Waals surface area contributed by atoms with Gasteiger partial charge in [-0.3, -0.25) is 4.79 Å². The average Bonchev–Trinajstić information content (AvgIpc) is 2.61. The van der Waals surface area contributed by atoms with Gasteiger partial charge in [-0.25, -0.2) is 0 Å². The summed E-state index contributed by atoms with van der Waals surface area (Å²) in [5.41, 5.74) is 1.12. The van der Waals surface area contributed by atoms with E-state index in [0.29, 0.717) is 18.9 Å². The quantitative estimate of drug-likeness (QED) is 0.766. The summed E-state index contributed by atoms with van der Waals surface area (Å²) in [5.74, 6) is 2.75. The lowest BCUT2D eigenvalue weighted by atomic mass is 10.2. The van der Waals surface area contributed by atoms with Crippen LogP contribution in [0.2, 0.25) is 5.02 Å². The minimum absolute atomic E-state index is 0.0782. The molecule has 1 unspecified atom stereocenters. The van der Waals surface area contributed by atoms with Gasteiger partial charge in [0.1, 0.15) is 6.61 Å². The predicted octanol–water partition coefficient (Wildman–Crippen LogP) is 3.87. The number of fused-ring (bicyclic) bond motifs is 1. The zero-order valence-electron chi connectivity index (χ0n) is 14.0. The van der Waals surface area contributed by atoms with Crippen LogP contribution in [0.5, 0.6) is 11.5 Å². The molecule has 132 valence electrons. The first-order valence-electron chi connectivity index (χ1n) is 8.06. The molecule has 0 saturated heterocycles. The van der Waals surface area contributed by atoms with Gasteiger partial charge in [0.25, 0.3) is 0 Å². The van der Waals surface area contributed by atoms with Crippen LogP contribution >= 0.6 is 23.4 Å². The van der Waals surface area contributed by atoms with E-state index in [1.54, 1.807) is 23.7 Å². The SMILES string of the molecule is CN(CC1COc2ccccc2O1)C(=O)CSCc1cccc(Cl)c1. The van der Waals surface area contributed by atoms with E-state index in [0.717, 1.165) is 27.8 Å². The first-order valence-corrected chi connectivity index (χ1v) is 9.60. The van der Waals surface area contributed by atoms with Gasteiger partial charge in [-0.05, 0) is 29.8 Å². The number of carbonyl (C=O) groups excluding carboxylic acids is 1. The second kappa shape index (κ2) is 8.50. The highest BCUT2D eigenvalue weighted by molar-refractivity contribution is 7.99. The molecule has 2 aromatic rings. The zero-order chi connectivity index (χ0) is 17.6. The summed E-state index contributed by atoms with van der Waals surface area (Å²) >= 11 is 7.55. The first-order chi connectivity index (χ1) is 12.1. The molecule has 0 fully saturated rings. The highest BCUT2D eigenvalue weighted by atomic mass is 35.5. The summed E-state index contributed by atoms with van der Waals surface area (Å²) in [6, 6.07) is 15.3. The van der Waals surface area contributed by atoms with E-state index in [1.807, 2.05) is 48.5 Å². The van der Waals surface area contributed by atoms with Crippen molar-refractivity contribution < 1.29 is 14.3 Å². The fourth-order valence-corrected chi connectivity index (χ4v) is 3.68. The minimum atomic E-state index is -0.151. The van der Waals surface area contributed by atoms with E-state index in [1.165, 1.54) is 0 Å². The molecule has 0 radical (unpaired) electrons. The van der Waals surface area contributed by atoms with Gasteiger partial charge in [0.2, 0.25) is 5.91 Å². The van der Waals surface area contributed by atoms with Crippen molar-refractivity contribution in [2.24, 2.45) is 0 Å². The second-order valence-electron chi connectivity index (χ2n) is 5.89. The van der Waals surface area contributed by atoms with Crippen LogP contribution in [0.4, 0.5) is 0 Å². The Balaban J connectivity index is 1.44. The molecule has 0 bridgehead atoms. The van der Waals surface area contributed by atoms with E-state index in [-0.39, 0.29) is 12.0 Å². The number of amides is 1. The molecule has 0 spiro atoms. The van der Waals surface area contributed by atoms with E-state index >= 15 is 0 Å². The summed E-state index contributed by atoms with van der Waals surface area (Å²) in [6.07, 6.45) is -0.151. The number of ether oxygens (including phenoxy) is 2. The number of benzene rings is 2. The molecule has 3 rings (SSSR count). The molecule has 1 aliphatic rings. The van der Waals surface area contributed by atoms with Crippen LogP contribution in [-0.4, -0.2) is 42.9 Å². The molecule has 0 aliphatic carbocycles. The van der Waals surface area contributed by atoms with Crippen molar-refractivity contribution in [1.29, 1.82) is 0 Å². The number of halogens is 1. The standard InChI is InChI=1S/C19H20ClNO3S/c1-21(10-16-11-23-17-7-2-3-8-18(17)24-16)19(22)13-25-12-14-5-4-6-15(20)9-14/h2-9,16H,10-13H2,1H3. The molecule has 2 aromatic carbocycles. The molecule has 4 nitrogen and oxygen atoms in total. The third-order valence-corrected chi connectivity index (χ3v) is 5.08. The zero-order valence-corrected chi connectivity index (χ0v) is 15.6. The van der Waals surface area contributed by atoms with Crippen molar-refractivity contribution in [1.82, 2.24) is 4.90 Å². The number of rotatable bonds is 6. The number of hydrogen-bond acceptors (Lipinski definition) is 4. The van der Waals surface area contributed by atoms with Gasteiger partial charge in [-0.2, -0.15) is 0 Å². The maximum Gasteiger partial charge on any atom is 0.232 e. The second-order valence-corrected chi connectivity index (χ2v) is 7.32. The Morgan fingerprint density at radius 1 is 1.24 bits per heavy atom. The molecular weight excluding hydrogens is 358 g/mol. The van der Waals surface area contributed by atoms with Gasteiger partial charge in [-0.15, -0.1) is 11.8 Å². The Kier molecular flexibility index (Phi) is 6.10. The predicted molar refractivity (Wildman–Crippen MR) is 102 cm³/mol. The molecule has 0 aromatic heterocycles. The maximum absolute atomic E-state index is 12.3. The lowest BCUT2D eigenvalue weighted by Gasteiger charge is -2.29. The number of nitrogens with zero attached hydrogens (tertiary/aromatic N) is 1. The molecule has 6 heteroatoms. The van der Waals surface area contributed by atoms with Crippen molar-refractivity contribution in [3.8, 4) is 11.5 Å². The maximum atomic E-state index is 12.3. The number of carbonyl (C=O) groups is 1. The topological polar surface area (TPSA) is 38.8 Å². The van der Waals surface area contributed by atoms with Crippen molar-refractivity contribution in [2.45, 2.75) is 11.9 Å². The lowest BCUT2D eigenvalue weighted by molar-refractivity contribution is -0.128. The Hall–Kier alpha value is -1.85. The number of para-hydroxylation sites is 2. The van der Waals surface area contributed by atoms with Gasteiger partial charge in [0.05, 0.1) is 12.3 Å². The molecule has 0 N–H and O–H groups in total. The number of likely N-dealkylation sites (N-methyl/N-ethyl adjacent to an activating group) is 1. The average molecular weight is 378 g/mol. The van der Waals surface area contributed by atoms with Gasteiger partial charge in [0, 0.05) is 17.8 Å². The molecule has 1 aliphatic heterocycles. The number of hydrogen-bond donors (Lipinski definition) is 0. The van der Waals surface area contributed by atoms with Crippen LogP contribution in [0, 0.1) is 0 Å². The van der Waals surface area contributed by atoms with Gasteiger partial charge >= 0.3 is 0 Å². The molecule has 1 amide bonds. The van der Waals surface area contributed by atoms with Gasteiger partial charge in [-0.1, -0.05) is 35.9 Å². The Bertz CT molecular complexity index is 740. The Labute approximate surface area is 157 Å². The first kappa shape index (κ1) is 18.0. The van der Waals surface area contributed by atoms with Crippen LogP contribution in [0.3, 0.4) is 0 Å². The fraction of sp³-hybridized carbons (Fsp3) is 0.316. The van der Waals surface area contributed by atoms with Gasteiger partial charge in [0.15, 0.2) is 17.6 Å². The summed E-state index contributed by atoms with van der Waals surface area (Å²) in [5, 5.41) is 0.719. The third-order valence-electron chi connectivity index (χ3n) is 3.85.